The van der Waals surface area contributed by atoms with Gasteiger partial charge in [0, 0.05) is 25.2 Å². The zero-order valence-corrected chi connectivity index (χ0v) is 14.7. The molecule has 2 rings (SSSR count). The van der Waals surface area contributed by atoms with Crippen molar-refractivity contribution in [2.24, 2.45) is 11.7 Å². The minimum Gasteiger partial charge on any atom is -0.493 e. The van der Waals surface area contributed by atoms with Crippen molar-refractivity contribution in [2.75, 3.05) is 19.7 Å². The van der Waals surface area contributed by atoms with Crippen LogP contribution in [0.15, 0.2) is 18.2 Å². The molecule has 2 N–H and O–H groups in total. The van der Waals surface area contributed by atoms with Crippen LogP contribution in [-0.2, 0) is 11.3 Å². The lowest BCUT2D eigenvalue weighted by atomic mass is 9.98. The maximum atomic E-state index is 13.2. The maximum Gasteiger partial charge on any atom is 0.410 e. The number of benzene rings is 1. The van der Waals surface area contributed by atoms with E-state index in [0.29, 0.717) is 36.9 Å². The van der Waals surface area contributed by atoms with E-state index in [4.69, 9.17) is 15.2 Å². The standard InChI is InChI=1S/C18H27FN2O3/c1-18(2,3)24-17(22)21-8-6-13(7-9-21)12-23-16-5-4-15(19)10-14(16)11-20/h4-5,10,13H,6-9,11-12,20H2,1-3H3. The quantitative estimate of drug-likeness (QED) is 0.915. The normalized spacial score (nSPS) is 16.1. The molecule has 0 radical (unpaired) electrons. The highest BCUT2D eigenvalue weighted by atomic mass is 19.1. The molecular weight excluding hydrogens is 311 g/mol. The number of likely N-dealkylation sites (tertiary alicyclic amines) is 1. The van der Waals surface area contributed by atoms with Crippen LogP contribution >= 0.6 is 0 Å². The summed E-state index contributed by atoms with van der Waals surface area (Å²) in [5.41, 5.74) is 5.82. The average molecular weight is 338 g/mol. The Hall–Kier alpha value is -1.82. The van der Waals surface area contributed by atoms with Gasteiger partial charge in [0.25, 0.3) is 0 Å². The lowest BCUT2D eigenvalue weighted by Crippen LogP contribution is -2.42. The second-order valence-corrected chi connectivity index (χ2v) is 7.18. The SMILES string of the molecule is CC(C)(C)OC(=O)N1CCC(COc2ccc(F)cc2CN)CC1. The Labute approximate surface area is 142 Å². The first-order valence-electron chi connectivity index (χ1n) is 8.37. The Morgan fingerprint density at radius 1 is 1.33 bits per heavy atom. The van der Waals surface area contributed by atoms with Gasteiger partial charge in [-0.05, 0) is 57.7 Å². The van der Waals surface area contributed by atoms with Gasteiger partial charge in [-0.25, -0.2) is 9.18 Å². The monoisotopic (exact) mass is 338 g/mol. The Kier molecular flexibility index (Phi) is 6.04. The molecule has 5 nitrogen and oxygen atoms in total. The largest absolute Gasteiger partial charge is 0.493 e. The van der Waals surface area contributed by atoms with Gasteiger partial charge < -0.3 is 20.1 Å². The topological polar surface area (TPSA) is 64.8 Å². The number of nitrogens with zero attached hydrogens (tertiary/aromatic N) is 1. The smallest absolute Gasteiger partial charge is 0.410 e. The molecule has 0 atom stereocenters. The number of amides is 1. The second kappa shape index (κ2) is 7.83. The van der Waals surface area contributed by atoms with E-state index in [1.165, 1.54) is 12.1 Å². The summed E-state index contributed by atoms with van der Waals surface area (Å²) in [5, 5.41) is 0. The minimum atomic E-state index is -0.474. The van der Waals surface area contributed by atoms with Crippen molar-refractivity contribution in [3.05, 3.63) is 29.6 Å². The van der Waals surface area contributed by atoms with Crippen LogP contribution in [0.5, 0.6) is 5.75 Å². The second-order valence-electron chi connectivity index (χ2n) is 7.18. The maximum absolute atomic E-state index is 13.2. The van der Waals surface area contributed by atoms with Crippen LogP contribution in [0.2, 0.25) is 0 Å². The lowest BCUT2D eigenvalue weighted by Gasteiger charge is -2.33. The van der Waals surface area contributed by atoms with Crippen LogP contribution < -0.4 is 10.5 Å². The van der Waals surface area contributed by atoms with Gasteiger partial charge in [-0.2, -0.15) is 0 Å². The van der Waals surface area contributed by atoms with E-state index in [-0.39, 0.29) is 18.5 Å². The molecular formula is C18H27FN2O3. The van der Waals surface area contributed by atoms with Crippen LogP contribution in [0, 0.1) is 11.7 Å². The molecule has 1 heterocycles. The van der Waals surface area contributed by atoms with Crippen LogP contribution in [0.3, 0.4) is 0 Å². The lowest BCUT2D eigenvalue weighted by molar-refractivity contribution is 0.0165. The minimum absolute atomic E-state index is 0.240. The van der Waals surface area contributed by atoms with Gasteiger partial charge in [0.1, 0.15) is 17.2 Å². The molecule has 0 unspecified atom stereocenters. The van der Waals surface area contributed by atoms with E-state index in [2.05, 4.69) is 0 Å². The molecule has 1 aromatic carbocycles. The van der Waals surface area contributed by atoms with E-state index >= 15 is 0 Å². The molecule has 0 bridgehead atoms. The van der Waals surface area contributed by atoms with E-state index < -0.39 is 5.60 Å². The van der Waals surface area contributed by atoms with Crippen molar-refractivity contribution in [1.29, 1.82) is 0 Å². The molecule has 0 saturated carbocycles. The fourth-order valence-electron chi connectivity index (χ4n) is 2.66. The molecule has 1 aliphatic heterocycles. The van der Waals surface area contributed by atoms with E-state index in [1.54, 1.807) is 11.0 Å². The molecule has 0 aliphatic carbocycles. The highest BCUT2D eigenvalue weighted by Gasteiger charge is 2.27. The first-order valence-corrected chi connectivity index (χ1v) is 8.37. The zero-order valence-electron chi connectivity index (χ0n) is 14.7. The number of piperidine rings is 1. The summed E-state index contributed by atoms with van der Waals surface area (Å²) in [5.74, 6) is 0.682. The predicted octanol–water partition coefficient (Wildman–Crippen LogP) is 3.31. The Balaban J connectivity index is 1.80. The van der Waals surface area contributed by atoms with Gasteiger partial charge in [-0.1, -0.05) is 0 Å². The van der Waals surface area contributed by atoms with E-state index in [9.17, 15) is 9.18 Å². The van der Waals surface area contributed by atoms with Gasteiger partial charge in [-0.15, -0.1) is 0 Å². The number of nitrogens with two attached hydrogens (primary N) is 1. The van der Waals surface area contributed by atoms with E-state index in [1.807, 2.05) is 20.8 Å². The van der Waals surface area contributed by atoms with Crippen LogP contribution in [0.25, 0.3) is 0 Å². The van der Waals surface area contributed by atoms with Crippen molar-refractivity contribution in [1.82, 2.24) is 4.90 Å². The summed E-state index contributed by atoms with van der Waals surface area (Å²) in [7, 11) is 0. The first-order chi connectivity index (χ1) is 11.3. The van der Waals surface area contributed by atoms with Crippen molar-refractivity contribution < 1.29 is 18.7 Å². The molecule has 1 saturated heterocycles. The van der Waals surface area contributed by atoms with Gasteiger partial charge in [0.2, 0.25) is 0 Å². The van der Waals surface area contributed by atoms with Crippen molar-refractivity contribution >= 4 is 6.09 Å². The first kappa shape index (κ1) is 18.5. The summed E-state index contributed by atoms with van der Waals surface area (Å²) in [4.78, 5) is 13.8. The number of ether oxygens (including phenoxy) is 2. The molecule has 1 aromatic rings. The van der Waals surface area contributed by atoms with Crippen LogP contribution in [-0.4, -0.2) is 36.3 Å². The fraction of sp³-hybridized carbons (Fsp3) is 0.611. The van der Waals surface area contributed by atoms with Gasteiger partial charge in [0.15, 0.2) is 0 Å². The number of hydrogen-bond acceptors (Lipinski definition) is 4. The third-order valence-electron chi connectivity index (χ3n) is 3.98. The average Bonchev–Trinajstić information content (AvgIpc) is 2.52. The third kappa shape index (κ3) is 5.37. The molecule has 1 fully saturated rings. The highest BCUT2D eigenvalue weighted by Crippen LogP contribution is 2.23. The van der Waals surface area contributed by atoms with Crippen LogP contribution in [0.1, 0.15) is 39.2 Å². The fourth-order valence-corrected chi connectivity index (χ4v) is 2.66. The van der Waals surface area contributed by atoms with Crippen molar-refractivity contribution in [3.63, 3.8) is 0 Å². The summed E-state index contributed by atoms with van der Waals surface area (Å²) >= 11 is 0. The number of carbonyl (C=O) groups is 1. The molecule has 1 amide bonds. The summed E-state index contributed by atoms with van der Waals surface area (Å²) in [6.45, 7) is 7.70. The Bertz CT molecular complexity index is 564. The third-order valence-corrected chi connectivity index (χ3v) is 3.98. The number of rotatable bonds is 4. The summed E-state index contributed by atoms with van der Waals surface area (Å²) in [6, 6.07) is 4.40. The molecule has 6 heteroatoms. The molecule has 0 aromatic heterocycles. The molecule has 24 heavy (non-hydrogen) atoms. The Morgan fingerprint density at radius 2 is 2.00 bits per heavy atom. The predicted molar refractivity (Wildman–Crippen MR) is 90.3 cm³/mol. The zero-order chi connectivity index (χ0) is 17.7. The summed E-state index contributed by atoms with van der Waals surface area (Å²) in [6.07, 6.45) is 1.46. The Morgan fingerprint density at radius 3 is 2.58 bits per heavy atom. The number of hydrogen-bond donors (Lipinski definition) is 1. The van der Waals surface area contributed by atoms with Gasteiger partial charge in [0.05, 0.1) is 6.61 Å². The number of halogens is 1. The van der Waals surface area contributed by atoms with Gasteiger partial charge >= 0.3 is 6.09 Å². The summed E-state index contributed by atoms with van der Waals surface area (Å²) < 4.78 is 24.4. The van der Waals surface area contributed by atoms with Crippen LogP contribution in [0.4, 0.5) is 9.18 Å². The number of carbonyl (C=O) groups excluding carboxylic acids is 1. The highest BCUT2D eigenvalue weighted by molar-refractivity contribution is 5.68. The van der Waals surface area contributed by atoms with Gasteiger partial charge in [-0.3, -0.25) is 0 Å². The molecule has 1 aliphatic rings. The van der Waals surface area contributed by atoms with Crippen molar-refractivity contribution in [3.8, 4) is 5.75 Å². The molecule has 134 valence electrons. The molecule has 0 spiro atoms. The van der Waals surface area contributed by atoms with Crippen molar-refractivity contribution in [2.45, 2.75) is 45.8 Å². The van der Waals surface area contributed by atoms with E-state index in [0.717, 1.165) is 12.8 Å².